The Labute approximate surface area is 126 Å². The Hall–Kier alpha value is -1.75. The molecule has 0 bridgehead atoms. The van der Waals surface area contributed by atoms with Gasteiger partial charge in [0.05, 0.1) is 20.1 Å². The normalized spacial score (nSPS) is 12.1. The molecule has 1 rings (SSSR count). The molecule has 0 aromatic heterocycles. The van der Waals surface area contributed by atoms with Crippen LogP contribution in [0.25, 0.3) is 0 Å². The number of carbonyl (C=O) groups is 1. The van der Waals surface area contributed by atoms with Crippen molar-refractivity contribution in [1.29, 1.82) is 0 Å². The Morgan fingerprint density at radius 2 is 2.05 bits per heavy atom. The second kappa shape index (κ2) is 8.52. The van der Waals surface area contributed by atoms with E-state index in [1.165, 1.54) is 0 Å². The van der Waals surface area contributed by atoms with E-state index in [9.17, 15) is 4.79 Å². The zero-order valence-electron chi connectivity index (χ0n) is 13.3. The zero-order chi connectivity index (χ0) is 15.8. The van der Waals surface area contributed by atoms with Crippen molar-refractivity contribution in [3.63, 3.8) is 0 Å². The summed E-state index contributed by atoms with van der Waals surface area (Å²) in [5.74, 6) is 1.44. The molecular weight excluding hydrogens is 268 g/mol. The summed E-state index contributed by atoms with van der Waals surface area (Å²) in [6.45, 7) is 6.14. The van der Waals surface area contributed by atoms with Crippen LogP contribution in [-0.4, -0.2) is 31.7 Å². The van der Waals surface area contributed by atoms with E-state index in [0.29, 0.717) is 13.0 Å². The molecule has 0 aliphatic rings. The quantitative estimate of drug-likeness (QED) is 0.768. The smallest absolute Gasteiger partial charge is 0.223 e. The van der Waals surface area contributed by atoms with Crippen LogP contribution in [0.5, 0.6) is 11.5 Å². The topological polar surface area (TPSA) is 73.6 Å². The van der Waals surface area contributed by atoms with E-state index in [4.69, 9.17) is 15.2 Å². The van der Waals surface area contributed by atoms with Gasteiger partial charge in [-0.2, -0.15) is 0 Å². The number of amides is 1. The number of benzene rings is 1. The number of methoxy groups -OCH3 is 1. The SMILES string of the molecule is COc1ccc(CC(C)N)c(OCCC(=O)NC(C)C)c1. The summed E-state index contributed by atoms with van der Waals surface area (Å²) >= 11 is 0. The van der Waals surface area contributed by atoms with E-state index < -0.39 is 0 Å². The lowest BCUT2D eigenvalue weighted by Gasteiger charge is -2.15. The highest BCUT2D eigenvalue weighted by atomic mass is 16.5. The van der Waals surface area contributed by atoms with Crippen LogP contribution >= 0.6 is 0 Å². The van der Waals surface area contributed by atoms with Crippen LogP contribution < -0.4 is 20.5 Å². The predicted molar refractivity (Wildman–Crippen MR) is 83.7 cm³/mol. The first-order valence-corrected chi connectivity index (χ1v) is 7.27. The highest BCUT2D eigenvalue weighted by molar-refractivity contribution is 5.76. The molecule has 0 spiro atoms. The molecule has 1 aromatic carbocycles. The van der Waals surface area contributed by atoms with Gasteiger partial charge in [0.1, 0.15) is 11.5 Å². The molecular formula is C16H26N2O3. The third-order valence-electron chi connectivity index (χ3n) is 2.85. The molecule has 5 heteroatoms. The standard InChI is InChI=1S/C16H26N2O3/c1-11(2)18-16(19)7-8-21-15-10-14(20-4)6-5-13(15)9-12(3)17/h5-6,10-12H,7-9,17H2,1-4H3,(H,18,19). The highest BCUT2D eigenvalue weighted by Gasteiger charge is 2.09. The van der Waals surface area contributed by atoms with Gasteiger partial charge < -0.3 is 20.5 Å². The molecule has 3 N–H and O–H groups in total. The molecule has 21 heavy (non-hydrogen) atoms. The van der Waals surface area contributed by atoms with Crippen LogP contribution in [0.3, 0.4) is 0 Å². The van der Waals surface area contributed by atoms with Crippen LogP contribution in [0, 0.1) is 0 Å². The monoisotopic (exact) mass is 294 g/mol. The number of nitrogens with two attached hydrogens (primary N) is 1. The second-order valence-corrected chi connectivity index (χ2v) is 5.48. The average Bonchev–Trinajstić information content (AvgIpc) is 2.39. The summed E-state index contributed by atoms with van der Waals surface area (Å²) < 4.78 is 10.9. The van der Waals surface area contributed by atoms with Crippen LogP contribution in [0.1, 0.15) is 32.8 Å². The van der Waals surface area contributed by atoms with E-state index in [2.05, 4.69) is 5.32 Å². The summed E-state index contributed by atoms with van der Waals surface area (Å²) in [5.41, 5.74) is 6.87. The Bertz CT molecular complexity index is 459. The minimum absolute atomic E-state index is 0.0124. The number of hydrogen-bond donors (Lipinski definition) is 2. The van der Waals surface area contributed by atoms with Gasteiger partial charge in [-0.25, -0.2) is 0 Å². The zero-order valence-corrected chi connectivity index (χ0v) is 13.3. The van der Waals surface area contributed by atoms with E-state index in [1.54, 1.807) is 7.11 Å². The van der Waals surface area contributed by atoms with Crippen LogP contribution in [0.4, 0.5) is 0 Å². The van der Waals surface area contributed by atoms with Crippen LogP contribution in [-0.2, 0) is 11.2 Å². The van der Waals surface area contributed by atoms with Gasteiger partial charge in [-0.05, 0) is 38.8 Å². The maximum Gasteiger partial charge on any atom is 0.223 e. The van der Waals surface area contributed by atoms with E-state index >= 15 is 0 Å². The molecule has 1 unspecified atom stereocenters. The van der Waals surface area contributed by atoms with Gasteiger partial charge >= 0.3 is 0 Å². The summed E-state index contributed by atoms with van der Waals surface area (Å²) in [4.78, 5) is 11.6. The Morgan fingerprint density at radius 1 is 1.33 bits per heavy atom. The van der Waals surface area contributed by atoms with Crippen LogP contribution in [0.2, 0.25) is 0 Å². The molecule has 5 nitrogen and oxygen atoms in total. The molecule has 118 valence electrons. The van der Waals surface area contributed by atoms with Crippen molar-refractivity contribution in [1.82, 2.24) is 5.32 Å². The first-order chi connectivity index (χ1) is 9.92. The molecule has 1 atom stereocenters. The van der Waals surface area contributed by atoms with Crippen LogP contribution in [0.15, 0.2) is 18.2 Å². The summed E-state index contributed by atoms with van der Waals surface area (Å²) in [6, 6.07) is 5.85. The van der Waals surface area contributed by atoms with Crippen molar-refractivity contribution >= 4 is 5.91 Å². The molecule has 0 heterocycles. The fourth-order valence-electron chi connectivity index (χ4n) is 1.96. The molecule has 1 aromatic rings. The molecule has 0 aliphatic heterocycles. The average molecular weight is 294 g/mol. The molecule has 0 saturated heterocycles. The first kappa shape index (κ1) is 17.3. The molecule has 0 fully saturated rings. The van der Waals surface area contributed by atoms with Crippen molar-refractivity contribution in [3.8, 4) is 11.5 Å². The molecule has 0 radical (unpaired) electrons. The second-order valence-electron chi connectivity index (χ2n) is 5.48. The third kappa shape index (κ3) is 6.49. The van der Waals surface area contributed by atoms with Gasteiger partial charge in [-0.3, -0.25) is 4.79 Å². The first-order valence-electron chi connectivity index (χ1n) is 7.27. The van der Waals surface area contributed by atoms with Gasteiger partial charge in [0.15, 0.2) is 0 Å². The van der Waals surface area contributed by atoms with E-state index in [0.717, 1.165) is 23.5 Å². The van der Waals surface area contributed by atoms with Gasteiger partial charge in [0, 0.05) is 18.2 Å². The molecule has 0 aliphatic carbocycles. The number of carbonyl (C=O) groups excluding carboxylic acids is 1. The molecule has 0 saturated carbocycles. The van der Waals surface area contributed by atoms with Gasteiger partial charge in [0.25, 0.3) is 0 Å². The van der Waals surface area contributed by atoms with Gasteiger partial charge in [0.2, 0.25) is 5.91 Å². The predicted octanol–water partition coefficient (Wildman–Crippen LogP) is 1.88. The third-order valence-corrected chi connectivity index (χ3v) is 2.85. The highest BCUT2D eigenvalue weighted by Crippen LogP contribution is 2.26. The Morgan fingerprint density at radius 3 is 2.62 bits per heavy atom. The number of hydrogen-bond acceptors (Lipinski definition) is 4. The summed E-state index contributed by atoms with van der Waals surface area (Å²) in [5, 5.41) is 2.83. The van der Waals surface area contributed by atoms with Crippen molar-refractivity contribution in [3.05, 3.63) is 23.8 Å². The Kier molecular flexibility index (Phi) is 7.02. The number of rotatable bonds is 8. The lowest BCUT2D eigenvalue weighted by atomic mass is 10.1. The fourth-order valence-corrected chi connectivity index (χ4v) is 1.96. The van der Waals surface area contributed by atoms with E-state index in [1.807, 2.05) is 39.0 Å². The maximum absolute atomic E-state index is 11.6. The van der Waals surface area contributed by atoms with Crippen molar-refractivity contribution in [2.75, 3.05) is 13.7 Å². The molecule has 1 amide bonds. The minimum Gasteiger partial charge on any atom is -0.497 e. The van der Waals surface area contributed by atoms with Gasteiger partial charge in [-0.15, -0.1) is 0 Å². The van der Waals surface area contributed by atoms with Crippen molar-refractivity contribution in [2.24, 2.45) is 5.73 Å². The maximum atomic E-state index is 11.6. The summed E-state index contributed by atoms with van der Waals surface area (Å²) in [6.07, 6.45) is 1.05. The van der Waals surface area contributed by atoms with Crippen molar-refractivity contribution in [2.45, 2.75) is 45.7 Å². The van der Waals surface area contributed by atoms with E-state index in [-0.39, 0.29) is 18.0 Å². The summed E-state index contributed by atoms with van der Waals surface area (Å²) in [7, 11) is 1.61. The fraction of sp³-hybridized carbons (Fsp3) is 0.562. The lowest BCUT2D eigenvalue weighted by Crippen LogP contribution is -2.31. The van der Waals surface area contributed by atoms with Gasteiger partial charge in [-0.1, -0.05) is 6.07 Å². The number of ether oxygens (including phenoxy) is 2. The largest absolute Gasteiger partial charge is 0.497 e. The minimum atomic E-state index is -0.0124. The van der Waals surface area contributed by atoms with Crippen molar-refractivity contribution < 1.29 is 14.3 Å². The Balaban J connectivity index is 2.64. The lowest BCUT2D eigenvalue weighted by molar-refractivity contribution is -0.122. The number of nitrogens with one attached hydrogen (secondary N) is 1.